The average molecular weight is 264 g/mol. The van der Waals surface area contributed by atoms with E-state index in [1.165, 1.54) is 7.11 Å². The van der Waals surface area contributed by atoms with Crippen molar-refractivity contribution in [2.24, 2.45) is 5.73 Å². The summed E-state index contributed by atoms with van der Waals surface area (Å²) in [7, 11) is 1.47. The molecular formula is C14H20N2O3. The van der Waals surface area contributed by atoms with Gasteiger partial charge in [-0.2, -0.15) is 0 Å². The molecule has 1 saturated heterocycles. The van der Waals surface area contributed by atoms with E-state index in [0.717, 1.165) is 19.3 Å². The van der Waals surface area contributed by atoms with Crippen LogP contribution in [0.25, 0.3) is 0 Å². The Morgan fingerprint density at radius 2 is 2.32 bits per heavy atom. The minimum absolute atomic E-state index is 0.0619. The van der Waals surface area contributed by atoms with Gasteiger partial charge in [0.05, 0.1) is 12.7 Å². The maximum absolute atomic E-state index is 12.5. The summed E-state index contributed by atoms with van der Waals surface area (Å²) in [6.07, 6.45) is 3.00. The highest BCUT2D eigenvalue weighted by Crippen LogP contribution is 2.31. The molecule has 2 rings (SSSR count). The number of likely N-dealkylation sites (tertiary alicyclic amines) is 1. The van der Waals surface area contributed by atoms with Crippen LogP contribution in [0.5, 0.6) is 11.5 Å². The molecule has 0 bridgehead atoms. The Hall–Kier alpha value is -1.75. The molecule has 1 fully saturated rings. The topological polar surface area (TPSA) is 75.8 Å². The Morgan fingerprint density at radius 3 is 3.00 bits per heavy atom. The van der Waals surface area contributed by atoms with Crippen LogP contribution in [0.2, 0.25) is 0 Å². The van der Waals surface area contributed by atoms with Crippen molar-refractivity contribution in [3.05, 3.63) is 23.8 Å². The molecule has 1 aliphatic heterocycles. The number of aromatic hydroxyl groups is 1. The Morgan fingerprint density at radius 1 is 1.53 bits per heavy atom. The third-order valence-corrected chi connectivity index (χ3v) is 3.61. The molecule has 5 heteroatoms. The normalized spacial score (nSPS) is 19.3. The van der Waals surface area contributed by atoms with Gasteiger partial charge in [-0.05, 0) is 31.4 Å². The lowest BCUT2D eigenvalue weighted by Gasteiger charge is -2.35. The van der Waals surface area contributed by atoms with Crippen molar-refractivity contribution >= 4 is 5.91 Å². The van der Waals surface area contributed by atoms with Crippen LogP contribution < -0.4 is 10.5 Å². The van der Waals surface area contributed by atoms with Crippen LogP contribution in [-0.2, 0) is 0 Å². The SMILES string of the molecule is COc1cccc(C(=O)N2CCCCC2CN)c1O. The summed E-state index contributed by atoms with van der Waals surface area (Å²) in [5, 5.41) is 10.0. The maximum Gasteiger partial charge on any atom is 0.258 e. The van der Waals surface area contributed by atoms with Gasteiger partial charge in [0, 0.05) is 19.1 Å². The maximum atomic E-state index is 12.5. The smallest absolute Gasteiger partial charge is 0.258 e. The number of amides is 1. The van der Waals surface area contributed by atoms with Crippen LogP contribution in [0, 0.1) is 0 Å². The Bertz CT molecular complexity index is 462. The standard InChI is InChI=1S/C14H20N2O3/c1-19-12-7-4-6-11(13(12)17)14(18)16-8-3-2-5-10(16)9-15/h4,6-7,10,17H,2-3,5,8-9,15H2,1H3. The van der Waals surface area contributed by atoms with Gasteiger partial charge in [-0.1, -0.05) is 6.07 Å². The number of methoxy groups -OCH3 is 1. The van der Waals surface area contributed by atoms with Crippen molar-refractivity contribution in [3.63, 3.8) is 0 Å². The third kappa shape index (κ3) is 2.66. The van der Waals surface area contributed by atoms with Gasteiger partial charge >= 0.3 is 0 Å². The number of carbonyl (C=O) groups is 1. The Balaban J connectivity index is 2.28. The van der Waals surface area contributed by atoms with E-state index in [1.54, 1.807) is 23.1 Å². The van der Waals surface area contributed by atoms with Crippen LogP contribution in [0.4, 0.5) is 0 Å². The number of hydrogen-bond donors (Lipinski definition) is 2. The minimum Gasteiger partial charge on any atom is -0.504 e. The lowest BCUT2D eigenvalue weighted by molar-refractivity contribution is 0.0619. The highest BCUT2D eigenvalue weighted by atomic mass is 16.5. The molecule has 1 aliphatic rings. The van der Waals surface area contributed by atoms with Gasteiger partial charge < -0.3 is 20.5 Å². The molecule has 1 aromatic carbocycles. The van der Waals surface area contributed by atoms with Crippen molar-refractivity contribution in [2.45, 2.75) is 25.3 Å². The summed E-state index contributed by atoms with van der Waals surface area (Å²) in [5.41, 5.74) is 6.00. The number of phenols is 1. The van der Waals surface area contributed by atoms with Crippen molar-refractivity contribution in [3.8, 4) is 11.5 Å². The summed E-state index contributed by atoms with van der Waals surface area (Å²) in [5.74, 6) is 0.0371. The second kappa shape index (κ2) is 5.93. The van der Waals surface area contributed by atoms with Gasteiger partial charge in [0.25, 0.3) is 5.91 Å². The number of phenolic OH excluding ortho intramolecular Hbond substituents is 1. The summed E-state index contributed by atoms with van der Waals surface area (Å²) >= 11 is 0. The first-order chi connectivity index (χ1) is 9.19. The molecule has 1 unspecified atom stereocenters. The molecule has 1 amide bonds. The van der Waals surface area contributed by atoms with E-state index in [9.17, 15) is 9.90 Å². The van der Waals surface area contributed by atoms with Crippen molar-refractivity contribution in [2.75, 3.05) is 20.2 Å². The molecule has 3 N–H and O–H groups in total. The number of nitrogens with zero attached hydrogens (tertiary/aromatic N) is 1. The Labute approximate surface area is 113 Å². The van der Waals surface area contributed by atoms with Crippen molar-refractivity contribution < 1.29 is 14.6 Å². The first-order valence-corrected chi connectivity index (χ1v) is 6.56. The van der Waals surface area contributed by atoms with Gasteiger partial charge in [-0.3, -0.25) is 4.79 Å². The second-order valence-electron chi connectivity index (χ2n) is 4.74. The molecule has 0 aliphatic carbocycles. The lowest BCUT2D eigenvalue weighted by atomic mass is 10.0. The zero-order valence-corrected chi connectivity index (χ0v) is 11.1. The molecule has 0 aromatic heterocycles. The largest absolute Gasteiger partial charge is 0.504 e. The van der Waals surface area contributed by atoms with Crippen LogP contribution in [0.3, 0.4) is 0 Å². The van der Waals surface area contributed by atoms with Crippen molar-refractivity contribution in [1.82, 2.24) is 4.90 Å². The van der Waals surface area contributed by atoms with E-state index in [2.05, 4.69) is 0 Å². The first-order valence-electron chi connectivity index (χ1n) is 6.56. The monoisotopic (exact) mass is 264 g/mol. The molecule has 0 saturated carbocycles. The third-order valence-electron chi connectivity index (χ3n) is 3.61. The van der Waals surface area contributed by atoms with Crippen molar-refractivity contribution in [1.29, 1.82) is 0 Å². The molecule has 0 radical (unpaired) electrons. The van der Waals surface area contributed by atoms with E-state index in [4.69, 9.17) is 10.5 Å². The number of piperidine rings is 1. The van der Waals surface area contributed by atoms with E-state index in [1.807, 2.05) is 0 Å². The van der Waals surface area contributed by atoms with Gasteiger partial charge in [-0.15, -0.1) is 0 Å². The predicted molar refractivity (Wildman–Crippen MR) is 72.4 cm³/mol. The number of carbonyl (C=O) groups excluding carboxylic acids is 1. The number of nitrogens with two attached hydrogens (primary N) is 1. The molecule has 0 spiro atoms. The fourth-order valence-electron chi connectivity index (χ4n) is 2.53. The molecule has 1 aromatic rings. The van der Waals surface area contributed by atoms with Crippen LogP contribution >= 0.6 is 0 Å². The van der Waals surface area contributed by atoms with E-state index in [0.29, 0.717) is 18.8 Å². The lowest BCUT2D eigenvalue weighted by Crippen LogP contribution is -2.47. The fourth-order valence-corrected chi connectivity index (χ4v) is 2.53. The molecule has 104 valence electrons. The molecule has 1 atom stereocenters. The highest BCUT2D eigenvalue weighted by molar-refractivity contribution is 5.97. The molecular weight excluding hydrogens is 244 g/mol. The van der Waals surface area contributed by atoms with E-state index >= 15 is 0 Å². The van der Waals surface area contributed by atoms with Gasteiger partial charge in [0.2, 0.25) is 0 Å². The number of rotatable bonds is 3. The zero-order chi connectivity index (χ0) is 13.8. The summed E-state index contributed by atoms with van der Waals surface area (Å²) < 4.78 is 5.03. The number of para-hydroxylation sites is 1. The van der Waals surface area contributed by atoms with Gasteiger partial charge in [0.1, 0.15) is 0 Å². The fraction of sp³-hybridized carbons (Fsp3) is 0.500. The minimum atomic E-state index is -0.174. The summed E-state index contributed by atoms with van der Waals surface area (Å²) in [6, 6.07) is 5.00. The Kier molecular flexibility index (Phi) is 4.27. The molecule has 5 nitrogen and oxygen atoms in total. The van der Waals surface area contributed by atoms with Crippen LogP contribution in [-0.4, -0.2) is 42.2 Å². The van der Waals surface area contributed by atoms with Crippen LogP contribution in [0.15, 0.2) is 18.2 Å². The quantitative estimate of drug-likeness (QED) is 0.864. The number of benzene rings is 1. The second-order valence-corrected chi connectivity index (χ2v) is 4.74. The summed E-state index contributed by atoms with van der Waals surface area (Å²) in [4.78, 5) is 14.3. The molecule has 1 heterocycles. The van der Waals surface area contributed by atoms with Gasteiger partial charge in [-0.25, -0.2) is 0 Å². The van der Waals surface area contributed by atoms with Crippen LogP contribution in [0.1, 0.15) is 29.6 Å². The number of hydrogen-bond acceptors (Lipinski definition) is 4. The molecule has 19 heavy (non-hydrogen) atoms. The zero-order valence-electron chi connectivity index (χ0n) is 11.1. The number of ether oxygens (including phenoxy) is 1. The highest BCUT2D eigenvalue weighted by Gasteiger charge is 2.28. The predicted octanol–water partition coefficient (Wildman–Crippen LogP) is 1.35. The van der Waals surface area contributed by atoms with E-state index in [-0.39, 0.29) is 23.3 Å². The van der Waals surface area contributed by atoms with E-state index < -0.39 is 0 Å². The van der Waals surface area contributed by atoms with Gasteiger partial charge in [0.15, 0.2) is 11.5 Å². The summed E-state index contributed by atoms with van der Waals surface area (Å²) in [6.45, 7) is 1.15. The first kappa shape index (κ1) is 13.7. The average Bonchev–Trinajstić information content (AvgIpc) is 2.46.